The molecule has 0 aromatic rings. The van der Waals surface area contributed by atoms with E-state index in [0.29, 0.717) is 5.41 Å². The van der Waals surface area contributed by atoms with E-state index in [1.165, 1.54) is 51.4 Å². The van der Waals surface area contributed by atoms with Gasteiger partial charge in [-0.3, -0.25) is 0 Å². The van der Waals surface area contributed by atoms with Crippen LogP contribution in [0.5, 0.6) is 0 Å². The Labute approximate surface area is 187 Å². The quantitative estimate of drug-likeness (QED) is 0.493. The van der Waals surface area contributed by atoms with E-state index in [9.17, 15) is 10.2 Å². The van der Waals surface area contributed by atoms with Crippen molar-refractivity contribution < 1.29 is 10.2 Å². The van der Waals surface area contributed by atoms with Crippen LogP contribution in [-0.2, 0) is 0 Å². The first-order valence-electron chi connectivity index (χ1n) is 13.0. The second kappa shape index (κ2) is 8.69. The van der Waals surface area contributed by atoms with Gasteiger partial charge in [0, 0.05) is 0 Å². The lowest BCUT2D eigenvalue weighted by molar-refractivity contribution is -0.109. The topological polar surface area (TPSA) is 40.5 Å². The predicted molar refractivity (Wildman–Crippen MR) is 127 cm³/mol. The van der Waals surface area contributed by atoms with Gasteiger partial charge in [0.1, 0.15) is 0 Å². The third-order valence-corrected chi connectivity index (χ3v) is 10.7. The third kappa shape index (κ3) is 4.39. The fourth-order valence-corrected chi connectivity index (χ4v) is 9.04. The third-order valence-electron chi connectivity index (χ3n) is 10.7. The summed E-state index contributed by atoms with van der Waals surface area (Å²) < 4.78 is 0. The Hall–Kier alpha value is -0.0800. The lowest BCUT2D eigenvalue weighted by Gasteiger charge is -2.57. The molecular formula is C28H52O2. The number of hydrogen-bond acceptors (Lipinski definition) is 2. The molecule has 2 nitrogen and oxygen atoms in total. The first-order valence-corrected chi connectivity index (χ1v) is 13.0. The lowest BCUT2D eigenvalue weighted by Crippen LogP contribution is -2.51. The van der Waals surface area contributed by atoms with E-state index in [2.05, 4.69) is 20.8 Å². The van der Waals surface area contributed by atoms with Crippen molar-refractivity contribution in [3.63, 3.8) is 0 Å². The number of rotatable bonds is 5. The Morgan fingerprint density at radius 1 is 0.967 bits per heavy atom. The van der Waals surface area contributed by atoms with E-state index in [0.717, 1.165) is 67.1 Å². The summed E-state index contributed by atoms with van der Waals surface area (Å²) in [7, 11) is 0. The van der Waals surface area contributed by atoms with Crippen molar-refractivity contribution in [2.24, 2.45) is 46.8 Å². The molecule has 2 N–H and O–H groups in total. The van der Waals surface area contributed by atoms with Crippen molar-refractivity contribution in [2.45, 2.75) is 130 Å². The van der Waals surface area contributed by atoms with Crippen molar-refractivity contribution in [3.8, 4) is 0 Å². The number of fused-ring (bicyclic) bond motifs is 5. The molecule has 0 bridgehead atoms. The van der Waals surface area contributed by atoms with Gasteiger partial charge in [0.25, 0.3) is 0 Å². The molecule has 0 aliphatic heterocycles. The standard InChI is InChI=1S/C27H48O2.CH4/c1-6-27(29)16-13-20-19(17-27)7-8-22-21(20)12-15-26(5)23(9-10-24(22)26)18(2)11-14-25(3,4)28;/h18-24,28-29H,6-17H2,1-5H3;1H4/t18-,19+,20+,21-,22-,23-,24+,26-,27+;/m1./s1. The van der Waals surface area contributed by atoms with Gasteiger partial charge in [0.2, 0.25) is 0 Å². The van der Waals surface area contributed by atoms with Crippen LogP contribution in [0.2, 0.25) is 0 Å². The smallest absolute Gasteiger partial charge is 0.0648 e. The van der Waals surface area contributed by atoms with Crippen molar-refractivity contribution >= 4 is 0 Å². The van der Waals surface area contributed by atoms with Gasteiger partial charge in [0.05, 0.1) is 11.2 Å². The summed E-state index contributed by atoms with van der Waals surface area (Å²) in [5, 5.41) is 21.1. The van der Waals surface area contributed by atoms with Gasteiger partial charge in [-0.15, -0.1) is 0 Å². The minimum atomic E-state index is -0.523. The van der Waals surface area contributed by atoms with Gasteiger partial charge in [-0.25, -0.2) is 0 Å². The molecule has 4 aliphatic carbocycles. The number of aliphatic hydroxyl groups is 2. The maximum absolute atomic E-state index is 10.9. The molecule has 4 rings (SSSR count). The second-order valence-corrected chi connectivity index (χ2v) is 12.8. The molecule has 0 aromatic heterocycles. The van der Waals surface area contributed by atoms with E-state index in [4.69, 9.17) is 0 Å². The molecule has 0 spiro atoms. The number of hydrogen-bond donors (Lipinski definition) is 2. The van der Waals surface area contributed by atoms with E-state index in [1.54, 1.807) is 0 Å². The zero-order valence-corrected chi connectivity index (χ0v) is 19.9. The summed E-state index contributed by atoms with van der Waals surface area (Å²) in [5.41, 5.74) is -0.345. The highest BCUT2D eigenvalue weighted by Crippen LogP contribution is 2.66. The second-order valence-electron chi connectivity index (χ2n) is 12.8. The van der Waals surface area contributed by atoms with Crippen LogP contribution in [0.1, 0.15) is 119 Å². The fraction of sp³-hybridized carbons (Fsp3) is 1.00. The Kier molecular flexibility index (Phi) is 7.12. The van der Waals surface area contributed by atoms with E-state index in [1.807, 2.05) is 13.8 Å². The molecule has 176 valence electrons. The van der Waals surface area contributed by atoms with Crippen LogP contribution in [0, 0.1) is 46.8 Å². The SMILES string of the molecule is C.CC[C@]1(O)CC[C@H]2[C@@H](CC[C@@H]3[C@@H]2CC[C@]2(C)[C@@H]([C@H](C)CCC(C)(C)O)CC[C@@H]32)C1. The largest absolute Gasteiger partial charge is 0.390 e. The van der Waals surface area contributed by atoms with Crippen molar-refractivity contribution in [1.29, 1.82) is 0 Å². The Bertz CT molecular complexity index is 580. The van der Waals surface area contributed by atoms with Gasteiger partial charge < -0.3 is 10.2 Å². The molecule has 4 saturated carbocycles. The lowest BCUT2D eigenvalue weighted by atomic mass is 9.48. The Morgan fingerprint density at radius 3 is 2.33 bits per heavy atom. The van der Waals surface area contributed by atoms with Gasteiger partial charge in [0.15, 0.2) is 0 Å². The highest BCUT2D eigenvalue weighted by molar-refractivity contribution is 5.07. The maximum Gasteiger partial charge on any atom is 0.0648 e. The van der Waals surface area contributed by atoms with Gasteiger partial charge in [-0.05, 0) is 138 Å². The average Bonchev–Trinajstić information content (AvgIpc) is 3.02. The van der Waals surface area contributed by atoms with Crippen LogP contribution in [0.15, 0.2) is 0 Å². The molecular weight excluding hydrogens is 368 g/mol. The van der Waals surface area contributed by atoms with Crippen LogP contribution in [0.4, 0.5) is 0 Å². The zero-order valence-electron chi connectivity index (χ0n) is 19.9. The summed E-state index contributed by atoms with van der Waals surface area (Å²) in [6.07, 6.45) is 15.0. The van der Waals surface area contributed by atoms with Gasteiger partial charge in [-0.1, -0.05) is 28.2 Å². The van der Waals surface area contributed by atoms with Crippen molar-refractivity contribution in [2.75, 3.05) is 0 Å². The molecule has 0 radical (unpaired) electrons. The van der Waals surface area contributed by atoms with E-state index >= 15 is 0 Å². The Balaban J connectivity index is 0.00000256. The minimum absolute atomic E-state index is 0. The van der Waals surface area contributed by atoms with E-state index in [-0.39, 0.29) is 13.0 Å². The van der Waals surface area contributed by atoms with Crippen LogP contribution in [-0.4, -0.2) is 21.4 Å². The maximum atomic E-state index is 10.9. The summed E-state index contributed by atoms with van der Waals surface area (Å²) in [5.74, 6) is 6.11. The monoisotopic (exact) mass is 420 g/mol. The molecule has 0 unspecified atom stereocenters. The first kappa shape index (κ1) is 24.6. The zero-order chi connectivity index (χ0) is 21.0. The highest BCUT2D eigenvalue weighted by Gasteiger charge is 2.58. The molecule has 2 heteroatoms. The summed E-state index contributed by atoms with van der Waals surface area (Å²) in [6.45, 7) is 11.2. The highest BCUT2D eigenvalue weighted by atomic mass is 16.3. The predicted octanol–water partition coefficient (Wildman–Crippen LogP) is 7.22. The molecule has 30 heavy (non-hydrogen) atoms. The summed E-state index contributed by atoms with van der Waals surface area (Å²) in [4.78, 5) is 0. The summed E-state index contributed by atoms with van der Waals surface area (Å²) >= 11 is 0. The van der Waals surface area contributed by atoms with Crippen molar-refractivity contribution in [3.05, 3.63) is 0 Å². The molecule has 0 saturated heterocycles. The van der Waals surface area contributed by atoms with Crippen LogP contribution < -0.4 is 0 Å². The molecule has 0 aromatic carbocycles. The van der Waals surface area contributed by atoms with Crippen molar-refractivity contribution in [1.82, 2.24) is 0 Å². The average molecular weight is 421 g/mol. The minimum Gasteiger partial charge on any atom is -0.390 e. The summed E-state index contributed by atoms with van der Waals surface area (Å²) in [6, 6.07) is 0. The van der Waals surface area contributed by atoms with Gasteiger partial charge >= 0.3 is 0 Å². The van der Waals surface area contributed by atoms with Crippen LogP contribution in [0.25, 0.3) is 0 Å². The normalized spacial score (nSPS) is 46.9. The Morgan fingerprint density at radius 2 is 1.67 bits per heavy atom. The molecule has 0 amide bonds. The van der Waals surface area contributed by atoms with Gasteiger partial charge in [-0.2, -0.15) is 0 Å². The first-order chi connectivity index (χ1) is 13.6. The molecule has 4 fully saturated rings. The van der Waals surface area contributed by atoms with Crippen LogP contribution >= 0.6 is 0 Å². The fourth-order valence-electron chi connectivity index (χ4n) is 9.04. The van der Waals surface area contributed by atoms with E-state index < -0.39 is 5.60 Å². The van der Waals surface area contributed by atoms with Crippen LogP contribution in [0.3, 0.4) is 0 Å². The molecule has 0 heterocycles. The molecule has 4 aliphatic rings. The molecule has 9 atom stereocenters.